The second kappa shape index (κ2) is 8.87. The number of hydrogen-bond acceptors (Lipinski definition) is 7. The number of carbonyl (C=O) groups is 1. The van der Waals surface area contributed by atoms with Gasteiger partial charge in [-0.2, -0.15) is 0 Å². The summed E-state index contributed by atoms with van der Waals surface area (Å²) in [6.07, 6.45) is 1.58. The van der Waals surface area contributed by atoms with Gasteiger partial charge in [0, 0.05) is 12.2 Å². The van der Waals surface area contributed by atoms with Gasteiger partial charge in [0.25, 0.3) is 5.89 Å². The number of ether oxygens (including phenoxy) is 3. The topological polar surface area (TPSA) is 83.7 Å². The van der Waals surface area contributed by atoms with Crippen LogP contribution < -0.4 is 4.74 Å². The van der Waals surface area contributed by atoms with E-state index in [-0.39, 0.29) is 12.0 Å². The molecule has 1 fully saturated rings. The zero-order valence-corrected chi connectivity index (χ0v) is 16.1. The average molecular weight is 394 g/mol. The number of esters is 1. The standard InChI is InChI=1S/C22H22N2O5/c1-15(20-23-24-21(29-20)16-6-3-2-4-7-16)28-22(25)17-9-11-18(12-10-17)27-14-19-8-5-13-26-19/h2-4,6-7,9-12,15,19H,5,8,13-14H2,1H3/t15-,19-/m0/s1. The van der Waals surface area contributed by atoms with E-state index in [0.717, 1.165) is 25.0 Å². The molecular formula is C22H22N2O5. The fourth-order valence-corrected chi connectivity index (χ4v) is 3.03. The summed E-state index contributed by atoms with van der Waals surface area (Å²) in [7, 11) is 0. The third-order valence-electron chi connectivity index (χ3n) is 4.64. The van der Waals surface area contributed by atoms with Crippen molar-refractivity contribution in [3.8, 4) is 17.2 Å². The van der Waals surface area contributed by atoms with Crippen LogP contribution in [0, 0.1) is 0 Å². The largest absolute Gasteiger partial charge is 0.491 e. The monoisotopic (exact) mass is 394 g/mol. The molecule has 7 nitrogen and oxygen atoms in total. The van der Waals surface area contributed by atoms with Crippen LogP contribution in [0.4, 0.5) is 0 Å². The molecule has 0 bridgehead atoms. The first-order valence-electron chi connectivity index (χ1n) is 9.63. The Morgan fingerprint density at radius 1 is 1.14 bits per heavy atom. The van der Waals surface area contributed by atoms with E-state index in [0.29, 0.717) is 23.8 Å². The molecular weight excluding hydrogens is 372 g/mol. The van der Waals surface area contributed by atoms with Gasteiger partial charge in [0.05, 0.1) is 11.7 Å². The number of aromatic nitrogens is 2. The van der Waals surface area contributed by atoms with Crippen molar-refractivity contribution in [2.24, 2.45) is 0 Å². The van der Waals surface area contributed by atoms with Crippen LogP contribution in [0.25, 0.3) is 11.5 Å². The average Bonchev–Trinajstić information content (AvgIpc) is 3.45. The van der Waals surface area contributed by atoms with Gasteiger partial charge < -0.3 is 18.6 Å². The quantitative estimate of drug-likeness (QED) is 0.555. The lowest BCUT2D eigenvalue weighted by molar-refractivity contribution is 0.0279. The molecule has 0 N–H and O–H groups in total. The van der Waals surface area contributed by atoms with Crippen molar-refractivity contribution in [1.82, 2.24) is 10.2 Å². The fourth-order valence-electron chi connectivity index (χ4n) is 3.03. The Morgan fingerprint density at radius 3 is 2.66 bits per heavy atom. The Bertz CT molecular complexity index is 933. The van der Waals surface area contributed by atoms with E-state index < -0.39 is 12.1 Å². The first-order chi connectivity index (χ1) is 14.2. The molecule has 7 heteroatoms. The molecule has 1 aliphatic heterocycles. The summed E-state index contributed by atoms with van der Waals surface area (Å²) in [6.45, 7) is 3.00. The molecule has 0 aliphatic carbocycles. The molecule has 2 atom stereocenters. The van der Waals surface area contributed by atoms with Gasteiger partial charge >= 0.3 is 5.97 Å². The summed E-state index contributed by atoms with van der Waals surface area (Å²) < 4.78 is 22.3. The van der Waals surface area contributed by atoms with Crippen LogP contribution in [0.3, 0.4) is 0 Å². The summed E-state index contributed by atoms with van der Waals surface area (Å²) >= 11 is 0. The van der Waals surface area contributed by atoms with Crippen molar-refractivity contribution < 1.29 is 23.4 Å². The highest BCUT2D eigenvalue weighted by Gasteiger charge is 2.20. The smallest absolute Gasteiger partial charge is 0.338 e. The minimum atomic E-state index is -0.664. The lowest BCUT2D eigenvalue weighted by Crippen LogP contribution is -2.16. The molecule has 4 rings (SSSR count). The molecule has 0 saturated carbocycles. The van der Waals surface area contributed by atoms with E-state index in [4.69, 9.17) is 18.6 Å². The van der Waals surface area contributed by atoms with Crippen molar-refractivity contribution >= 4 is 5.97 Å². The second-order valence-electron chi connectivity index (χ2n) is 6.83. The van der Waals surface area contributed by atoms with Crippen molar-refractivity contribution in [3.05, 3.63) is 66.1 Å². The van der Waals surface area contributed by atoms with Crippen LogP contribution in [0.5, 0.6) is 5.75 Å². The van der Waals surface area contributed by atoms with E-state index >= 15 is 0 Å². The first kappa shape index (κ1) is 19.1. The van der Waals surface area contributed by atoms with E-state index in [1.54, 1.807) is 31.2 Å². The molecule has 0 spiro atoms. The van der Waals surface area contributed by atoms with Crippen LogP contribution in [0.1, 0.15) is 42.1 Å². The molecule has 1 aromatic heterocycles. The lowest BCUT2D eigenvalue weighted by atomic mass is 10.2. The van der Waals surface area contributed by atoms with Gasteiger partial charge in [0.2, 0.25) is 5.89 Å². The maximum Gasteiger partial charge on any atom is 0.338 e. The molecule has 2 aromatic carbocycles. The molecule has 0 amide bonds. The number of hydrogen-bond donors (Lipinski definition) is 0. The van der Waals surface area contributed by atoms with Crippen LogP contribution >= 0.6 is 0 Å². The van der Waals surface area contributed by atoms with Gasteiger partial charge in [-0.1, -0.05) is 18.2 Å². The molecule has 3 aromatic rings. The second-order valence-corrected chi connectivity index (χ2v) is 6.83. The van der Waals surface area contributed by atoms with Crippen molar-refractivity contribution in [1.29, 1.82) is 0 Å². The lowest BCUT2D eigenvalue weighted by Gasteiger charge is -2.12. The normalized spacial score (nSPS) is 17.1. The minimum absolute atomic E-state index is 0.149. The Balaban J connectivity index is 1.33. The first-order valence-corrected chi connectivity index (χ1v) is 9.63. The molecule has 2 heterocycles. The van der Waals surface area contributed by atoms with Gasteiger partial charge in [-0.3, -0.25) is 0 Å². The Hall–Kier alpha value is -3.19. The van der Waals surface area contributed by atoms with Crippen LogP contribution in [0.15, 0.2) is 59.0 Å². The number of carbonyl (C=O) groups excluding carboxylic acids is 1. The maximum absolute atomic E-state index is 12.4. The minimum Gasteiger partial charge on any atom is -0.491 e. The number of benzene rings is 2. The van der Waals surface area contributed by atoms with Crippen LogP contribution in [-0.4, -0.2) is 35.5 Å². The third-order valence-corrected chi connectivity index (χ3v) is 4.64. The zero-order chi connectivity index (χ0) is 20.1. The summed E-state index contributed by atoms with van der Waals surface area (Å²) in [5.74, 6) is 0.849. The fraction of sp³-hybridized carbons (Fsp3) is 0.318. The van der Waals surface area contributed by atoms with Gasteiger partial charge in [-0.25, -0.2) is 4.79 Å². The predicted molar refractivity (Wildman–Crippen MR) is 104 cm³/mol. The number of nitrogens with zero attached hydrogens (tertiary/aromatic N) is 2. The van der Waals surface area contributed by atoms with E-state index in [2.05, 4.69) is 10.2 Å². The molecule has 150 valence electrons. The molecule has 29 heavy (non-hydrogen) atoms. The van der Waals surface area contributed by atoms with Crippen molar-refractivity contribution in [2.45, 2.75) is 32.0 Å². The van der Waals surface area contributed by atoms with Crippen molar-refractivity contribution in [3.63, 3.8) is 0 Å². The Kier molecular flexibility index (Phi) is 5.86. The van der Waals surface area contributed by atoms with Gasteiger partial charge in [-0.15, -0.1) is 10.2 Å². The Labute approximate surface area is 168 Å². The van der Waals surface area contributed by atoms with E-state index in [1.165, 1.54) is 0 Å². The predicted octanol–water partition coefficient (Wildman–Crippen LogP) is 4.21. The molecule has 0 unspecified atom stereocenters. The van der Waals surface area contributed by atoms with E-state index in [9.17, 15) is 4.79 Å². The summed E-state index contributed by atoms with van der Waals surface area (Å²) in [5.41, 5.74) is 1.23. The van der Waals surface area contributed by atoms with E-state index in [1.807, 2.05) is 30.3 Å². The Morgan fingerprint density at radius 2 is 1.93 bits per heavy atom. The summed E-state index contributed by atoms with van der Waals surface area (Å²) in [4.78, 5) is 12.4. The highest BCUT2D eigenvalue weighted by molar-refractivity contribution is 5.89. The summed E-state index contributed by atoms with van der Waals surface area (Å²) in [6, 6.07) is 16.3. The van der Waals surface area contributed by atoms with Gasteiger partial charge in [0.15, 0.2) is 6.10 Å². The highest BCUT2D eigenvalue weighted by Crippen LogP contribution is 2.23. The van der Waals surface area contributed by atoms with Gasteiger partial charge in [0.1, 0.15) is 12.4 Å². The van der Waals surface area contributed by atoms with Crippen LogP contribution in [0.2, 0.25) is 0 Å². The maximum atomic E-state index is 12.4. The highest BCUT2D eigenvalue weighted by atomic mass is 16.6. The molecule has 1 aliphatic rings. The number of rotatable bonds is 7. The molecule has 0 radical (unpaired) electrons. The third kappa shape index (κ3) is 4.81. The van der Waals surface area contributed by atoms with Gasteiger partial charge in [-0.05, 0) is 56.2 Å². The van der Waals surface area contributed by atoms with Crippen LogP contribution in [-0.2, 0) is 9.47 Å². The zero-order valence-electron chi connectivity index (χ0n) is 16.1. The van der Waals surface area contributed by atoms with Crippen molar-refractivity contribution in [2.75, 3.05) is 13.2 Å². The summed E-state index contributed by atoms with van der Waals surface area (Å²) in [5, 5.41) is 8.01. The molecule has 1 saturated heterocycles. The SMILES string of the molecule is C[C@H](OC(=O)c1ccc(OC[C@@H]2CCCO2)cc1)c1nnc(-c2ccccc2)o1.